The molecule has 1 amide bonds. The standard InChI is InChI=1S/C22H27NO/c1-17-11-13-22(14-12-17,20-9-4-3-5-10-20)16-23-21(24)19-8-6-7-18(2)15-19/h3-10,15,17H,11-14,16H2,1-2H3,(H,23,24). The summed E-state index contributed by atoms with van der Waals surface area (Å²) in [6.07, 6.45) is 4.75. The van der Waals surface area contributed by atoms with Crippen LogP contribution in [0.1, 0.15) is 54.1 Å². The molecule has 0 unspecified atom stereocenters. The quantitative estimate of drug-likeness (QED) is 0.855. The van der Waals surface area contributed by atoms with Gasteiger partial charge in [0, 0.05) is 17.5 Å². The zero-order valence-electron chi connectivity index (χ0n) is 14.7. The number of nitrogens with one attached hydrogen (secondary N) is 1. The molecule has 2 aromatic carbocycles. The molecule has 3 rings (SSSR count). The van der Waals surface area contributed by atoms with Crippen LogP contribution in [0.25, 0.3) is 0 Å². The highest BCUT2D eigenvalue weighted by Gasteiger charge is 2.36. The van der Waals surface area contributed by atoms with Crippen molar-refractivity contribution in [2.45, 2.75) is 44.9 Å². The topological polar surface area (TPSA) is 29.1 Å². The van der Waals surface area contributed by atoms with Crippen molar-refractivity contribution >= 4 is 5.91 Å². The molecule has 0 heterocycles. The first-order chi connectivity index (χ1) is 11.6. The highest BCUT2D eigenvalue weighted by atomic mass is 16.1. The molecule has 0 radical (unpaired) electrons. The third kappa shape index (κ3) is 3.69. The Hall–Kier alpha value is -2.09. The molecule has 0 aliphatic heterocycles. The molecule has 0 aromatic heterocycles. The van der Waals surface area contributed by atoms with E-state index in [1.165, 1.54) is 18.4 Å². The summed E-state index contributed by atoms with van der Waals surface area (Å²) in [5, 5.41) is 3.21. The molecule has 24 heavy (non-hydrogen) atoms. The minimum absolute atomic E-state index is 0.0348. The van der Waals surface area contributed by atoms with Crippen molar-refractivity contribution < 1.29 is 4.79 Å². The van der Waals surface area contributed by atoms with Crippen LogP contribution in [0.5, 0.6) is 0 Å². The van der Waals surface area contributed by atoms with Crippen molar-refractivity contribution in [3.8, 4) is 0 Å². The number of aryl methyl sites for hydroxylation is 1. The van der Waals surface area contributed by atoms with Gasteiger partial charge < -0.3 is 5.32 Å². The van der Waals surface area contributed by atoms with Crippen molar-refractivity contribution in [3.05, 3.63) is 71.3 Å². The number of carbonyl (C=O) groups is 1. The fraction of sp³-hybridized carbons (Fsp3) is 0.409. The maximum atomic E-state index is 12.6. The molecule has 126 valence electrons. The van der Waals surface area contributed by atoms with Gasteiger partial charge in [-0.25, -0.2) is 0 Å². The number of hydrogen-bond acceptors (Lipinski definition) is 1. The van der Waals surface area contributed by atoms with Gasteiger partial charge in [0.1, 0.15) is 0 Å². The lowest BCUT2D eigenvalue weighted by Crippen LogP contribution is -2.43. The van der Waals surface area contributed by atoms with E-state index in [4.69, 9.17) is 0 Å². The summed E-state index contributed by atoms with van der Waals surface area (Å²) in [5.41, 5.74) is 3.31. The van der Waals surface area contributed by atoms with Crippen LogP contribution in [-0.4, -0.2) is 12.5 Å². The van der Waals surface area contributed by atoms with Crippen molar-refractivity contribution in [1.82, 2.24) is 5.32 Å². The van der Waals surface area contributed by atoms with Gasteiger partial charge in [-0.3, -0.25) is 4.79 Å². The predicted octanol–water partition coefficient (Wildman–Crippen LogP) is 4.87. The molecule has 1 fully saturated rings. The van der Waals surface area contributed by atoms with Crippen molar-refractivity contribution in [2.24, 2.45) is 5.92 Å². The van der Waals surface area contributed by atoms with E-state index in [9.17, 15) is 4.79 Å². The van der Waals surface area contributed by atoms with Crippen molar-refractivity contribution in [3.63, 3.8) is 0 Å². The van der Waals surface area contributed by atoms with Gasteiger partial charge in [0.2, 0.25) is 0 Å². The molecular formula is C22H27NO. The molecule has 2 nitrogen and oxygen atoms in total. The highest BCUT2D eigenvalue weighted by Crippen LogP contribution is 2.41. The Morgan fingerprint density at radius 1 is 1.08 bits per heavy atom. The fourth-order valence-corrected chi connectivity index (χ4v) is 3.81. The van der Waals surface area contributed by atoms with E-state index in [0.29, 0.717) is 0 Å². The Labute approximate surface area is 145 Å². The highest BCUT2D eigenvalue weighted by molar-refractivity contribution is 5.94. The molecular weight excluding hydrogens is 294 g/mol. The molecule has 0 spiro atoms. The van der Waals surface area contributed by atoms with Crippen LogP contribution in [0.15, 0.2) is 54.6 Å². The van der Waals surface area contributed by atoms with Gasteiger partial charge in [-0.2, -0.15) is 0 Å². The van der Waals surface area contributed by atoms with Gasteiger partial charge in [-0.05, 0) is 56.2 Å². The molecule has 0 atom stereocenters. The first kappa shape index (κ1) is 16.8. The van der Waals surface area contributed by atoms with E-state index in [-0.39, 0.29) is 11.3 Å². The normalized spacial score (nSPS) is 23.7. The Bertz CT molecular complexity index is 684. The second-order valence-corrected chi connectivity index (χ2v) is 7.38. The first-order valence-electron chi connectivity index (χ1n) is 8.99. The van der Waals surface area contributed by atoms with Crippen molar-refractivity contribution in [1.29, 1.82) is 0 Å². The van der Waals surface area contributed by atoms with Crippen LogP contribution in [0.3, 0.4) is 0 Å². The summed E-state index contributed by atoms with van der Waals surface area (Å²) in [5.74, 6) is 0.821. The van der Waals surface area contributed by atoms with Gasteiger partial charge in [0.15, 0.2) is 0 Å². The Kier molecular flexibility index (Phi) is 5.03. The van der Waals surface area contributed by atoms with E-state index in [0.717, 1.165) is 36.4 Å². The summed E-state index contributed by atoms with van der Waals surface area (Å²) in [4.78, 5) is 12.6. The van der Waals surface area contributed by atoms with E-state index < -0.39 is 0 Å². The number of carbonyl (C=O) groups excluding carboxylic acids is 1. The van der Waals surface area contributed by atoms with Crippen LogP contribution in [0.2, 0.25) is 0 Å². The third-order valence-corrected chi connectivity index (χ3v) is 5.49. The minimum Gasteiger partial charge on any atom is -0.351 e. The number of benzene rings is 2. The van der Waals surface area contributed by atoms with Crippen LogP contribution in [-0.2, 0) is 5.41 Å². The first-order valence-corrected chi connectivity index (χ1v) is 8.99. The van der Waals surface area contributed by atoms with Gasteiger partial charge >= 0.3 is 0 Å². The summed E-state index contributed by atoms with van der Waals surface area (Å²) in [6, 6.07) is 18.5. The lowest BCUT2D eigenvalue weighted by Gasteiger charge is -2.40. The van der Waals surface area contributed by atoms with Crippen LogP contribution in [0, 0.1) is 12.8 Å². The Balaban J connectivity index is 1.77. The van der Waals surface area contributed by atoms with Crippen LogP contribution >= 0.6 is 0 Å². The SMILES string of the molecule is Cc1cccc(C(=O)NCC2(c3ccccc3)CCC(C)CC2)c1. The number of rotatable bonds is 4. The lowest BCUT2D eigenvalue weighted by molar-refractivity contribution is 0.0933. The zero-order valence-corrected chi connectivity index (χ0v) is 14.7. The molecule has 1 N–H and O–H groups in total. The maximum Gasteiger partial charge on any atom is 0.251 e. The average Bonchev–Trinajstić information content (AvgIpc) is 2.62. The smallest absolute Gasteiger partial charge is 0.251 e. The van der Waals surface area contributed by atoms with Gasteiger partial charge in [-0.1, -0.05) is 55.0 Å². The maximum absolute atomic E-state index is 12.6. The number of amides is 1. The monoisotopic (exact) mass is 321 g/mol. The zero-order chi connectivity index (χ0) is 17.0. The molecule has 2 heteroatoms. The predicted molar refractivity (Wildman–Crippen MR) is 99.3 cm³/mol. The molecule has 1 aliphatic carbocycles. The van der Waals surface area contributed by atoms with Crippen LogP contribution in [0.4, 0.5) is 0 Å². The summed E-state index contributed by atoms with van der Waals surface area (Å²) in [6.45, 7) is 5.07. The minimum atomic E-state index is 0.0348. The van der Waals surface area contributed by atoms with E-state index in [1.54, 1.807) is 0 Å². The summed E-state index contributed by atoms with van der Waals surface area (Å²) < 4.78 is 0. The fourth-order valence-electron chi connectivity index (χ4n) is 3.81. The summed E-state index contributed by atoms with van der Waals surface area (Å²) >= 11 is 0. The van der Waals surface area contributed by atoms with E-state index in [1.807, 2.05) is 31.2 Å². The van der Waals surface area contributed by atoms with Gasteiger partial charge in [0.05, 0.1) is 0 Å². The second-order valence-electron chi connectivity index (χ2n) is 7.38. The molecule has 1 saturated carbocycles. The van der Waals surface area contributed by atoms with Gasteiger partial charge in [-0.15, -0.1) is 0 Å². The molecule has 1 aliphatic rings. The average molecular weight is 321 g/mol. The molecule has 2 aromatic rings. The largest absolute Gasteiger partial charge is 0.351 e. The Morgan fingerprint density at radius 3 is 2.46 bits per heavy atom. The van der Waals surface area contributed by atoms with E-state index >= 15 is 0 Å². The second kappa shape index (κ2) is 7.21. The van der Waals surface area contributed by atoms with Crippen LogP contribution < -0.4 is 5.32 Å². The number of hydrogen-bond donors (Lipinski definition) is 1. The Morgan fingerprint density at radius 2 is 1.79 bits per heavy atom. The molecule has 0 saturated heterocycles. The van der Waals surface area contributed by atoms with Crippen molar-refractivity contribution in [2.75, 3.05) is 6.54 Å². The summed E-state index contributed by atoms with van der Waals surface area (Å²) in [7, 11) is 0. The van der Waals surface area contributed by atoms with Gasteiger partial charge in [0.25, 0.3) is 5.91 Å². The lowest BCUT2D eigenvalue weighted by atomic mass is 9.67. The third-order valence-electron chi connectivity index (χ3n) is 5.49. The van der Waals surface area contributed by atoms with E-state index in [2.05, 4.69) is 42.6 Å². The molecule has 0 bridgehead atoms.